The van der Waals surface area contributed by atoms with Crippen molar-refractivity contribution in [2.75, 3.05) is 14.2 Å². The van der Waals surface area contributed by atoms with E-state index in [2.05, 4.69) is 15.0 Å². The van der Waals surface area contributed by atoms with Crippen molar-refractivity contribution >= 4 is 0 Å². The average Bonchev–Trinajstić information content (AvgIpc) is 2.38. The van der Waals surface area contributed by atoms with E-state index in [4.69, 9.17) is 9.47 Å². The van der Waals surface area contributed by atoms with Gasteiger partial charge in [-0.15, -0.1) is 0 Å². The molecule has 0 saturated carbocycles. The molecule has 0 aromatic carbocycles. The van der Waals surface area contributed by atoms with E-state index in [0.29, 0.717) is 23.1 Å². The lowest BCUT2D eigenvalue weighted by Gasteiger charge is -2.06. The van der Waals surface area contributed by atoms with Crippen LogP contribution in [0.25, 0.3) is 11.4 Å². The lowest BCUT2D eigenvalue weighted by molar-refractivity contribution is 0.372. The molecule has 0 atom stereocenters. The first-order valence-electron chi connectivity index (χ1n) is 4.84. The van der Waals surface area contributed by atoms with Crippen molar-refractivity contribution in [2.45, 2.75) is 0 Å². The Morgan fingerprint density at radius 3 is 2.18 bits per heavy atom. The van der Waals surface area contributed by atoms with Gasteiger partial charge in [-0.05, 0) is 6.07 Å². The van der Waals surface area contributed by atoms with Crippen molar-refractivity contribution in [1.29, 1.82) is 0 Å². The SMILES string of the molecule is COc1cc(OC)nc(-c2cncc(O)c2)n1. The normalized spacial score (nSPS) is 10.0. The quantitative estimate of drug-likeness (QED) is 0.859. The Morgan fingerprint density at radius 2 is 1.65 bits per heavy atom. The predicted molar refractivity (Wildman–Crippen MR) is 60.0 cm³/mol. The van der Waals surface area contributed by atoms with Crippen molar-refractivity contribution < 1.29 is 14.6 Å². The van der Waals surface area contributed by atoms with Gasteiger partial charge in [0.25, 0.3) is 0 Å². The highest BCUT2D eigenvalue weighted by Gasteiger charge is 2.08. The van der Waals surface area contributed by atoms with Gasteiger partial charge in [-0.3, -0.25) is 4.98 Å². The minimum atomic E-state index is 0.0490. The summed E-state index contributed by atoms with van der Waals surface area (Å²) in [4.78, 5) is 12.2. The Balaban J connectivity index is 2.50. The molecule has 0 aliphatic heterocycles. The molecule has 0 saturated heterocycles. The summed E-state index contributed by atoms with van der Waals surface area (Å²) < 4.78 is 10.1. The maximum atomic E-state index is 9.35. The molecule has 0 fully saturated rings. The van der Waals surface area contributed by atoms with Crippen LogP contribution in [-0.2, 0) is 0 Å². The summed E-state index contributed by atoms with van der Waals surface area (Å²) in [6.07, 6.45) is 2.88. The summed E-state index contributed by atoms with van der Waals surface area (Å²) in [6.45, 7) is 0. The summed E-state index contributed by atoms with van der Waals surface area (Å²) in [7, 11) is 3.01. The minimum Gasteiger partial charge on any atom is -0.506 e. The van der Waals surface area contributed by atoms with Crippen LogP contribution in [0, 0.1) is 0 Å². The first-order valence-corrected chi connectivity index (χ1v) is 4.84. The van der Waals surface area contributed by atoms with Gasteiger partial charge in [0, 0.05) is 11.8 Å². The molecule has 88 valence electrons. The topological polar surface area (TPSA) is 77.4 Å². The zero-order chi connectivity index (χ0) is 12.3. The predicted octanol–water partition coefficient (Wildman–Crippen LogP) is 1.26. The van der Waals surface area contributed by atoms with Crippen molar-refractivity contribution in [3.8, 4) is 28.9 Å². The van der Waals surface area contributed by atoms with E-state index >= 15 is 0 Å². The molecule has 6 nitrogen and oxygen atoms in total. The molecule has 0 radical (unpaired) electrons. The van der Waals surface area contributed by atoms with Crippen molar-refractivity contribution in [2.24, 2.45) is 0 Å². The Morgan fingerprint density at radius 1 is 1.00 bits per heavy atom. The molecule has 0 aliphatic rings. The first kappa shape index (κ1) is 11.1. The zero-order valence-electron chi connectivity index (χ0n) is 9.41. The van der Waals surface area contributed by atoms with Gasteiger partial charge in [0.15, 0.2) is 5.82 Å². The molecule has 17 heavy (non-hydrogen) atoms. The lowest BCUT2D eigenvalue weighted by atomic mass is 10.2. The number of rotatable bonds is 3. The van der Waals surface area contributed by atoms with E-state index in [1.165, 1.54) is 26.5 Å². The average molecular weight is 233 g/mol. The second-order valence-corrected chi connectivity index (χ2v) is 3.21. The van der Waals surface area contributed by atoms with Crippen LogP contribution in [0.4, 0.5) is 0 Å². The number of nitrogens with zero attached hydrogens (tertiary/aromatic N) is 3. The second kappa shape index (κ2) is 4.65. The molecule has 0 amide bonds. The molecular formula is C11H11N3O3. The molecule has 6 heteroatoms. The zero-order valence-corrected chi connectivity index (χ0v) is 9.41. The Labute approximate surface area is 97.9 Å². The molecule has 0 spiro atoms. The van der Waals surface area contributed by atoms with Crippen molar-refractivity contribution in [1.82, 2.24) is 15.0 Å². The number of aromatic hydroxyl groups is 1. The number of hydrogen-bond donors (Lipinski definition) is 1. The van der Waals surface area contributed by atoms with Crippen LogP contribution in [0.15, 0.2) is 24.5 Å². The molecule has 1 N–H and O–H groups in total. The van der Waals surface area contributed by atoms with Gasteiger partial charge in [0.2, 0.25) is 11.8 Å². The Bertz CT molecular complexity index is 509. The fourth-order valence-corrected chi connectivity index (χ4v) is 1.29. The van der Waals surface area contributed by atoms with Gasteiger partial charge < -0.3 is 14.6 Å². The fraction of sp³-hybridized carbons (Fsp3) is 0.182. The third-order valence-corrected chi connectivity index (χ3v) is 2.08. The van der Waals surface area contributed by atoms with Crippen LogP contribution in [0.3, 0.4) is 0 Å². The smallest absolute Gasteiger partial charge is 0.220 e. The highest BCUT2D eigenvalue weighted by molar-refractivity contribution is 5.56. The third kappa shape index (κ3) is 2.41. The summed E-state index contributed by atoms with van der Waals surface area (Å²) in [6, 6.07) is 3.08. The summed E-state index contributed by atoms with van der Waals surface area (Å²) >= 11 is 0. The molecule has 2 aromatic heterocycles. The monoisotopic (exact) mass is 233 g/mol. The second-order valence-electron chi connectivity index (χ2n) is 3.21. The van der Waals surface area contributed by atoms with E-state index in [9.17, 15) is 5.11 Å². The number of ether oxygens (including phenoxy) is 2. The van der Waals surface area contributed by atoms with Crippen LogP contribution in [0.2, 0.25) is 0 Å². The van der Waals surface area contributed by atoms with Crippen LogP contribution in [0.5, 0.6) is 17.5 Å². The highest BCUT2D eigenvalue weighted by atomic mass is 16.5. The third-order valence-electron chi connectivity index (χ3n) is 2.08. The van der Waals surface area contributed by atoms with Gasteiger partial charge in [0.1, 0.15) is 5.75 Å². The molecule has 2 heterocycles. The van der Waals surface area contributed by atoms with Gasteiger partial charge in [-0.2, -0.15) is 9.97 Å². The number of aromatic nitrogens is 3. The minimum absolute atomic E-state index is 0.0490. The van der Waals surface area contributed by atoms with Crippen LogP contribution in [0.1, 0.15) is 0 Å². The maximum Gasteiger partial charge on any atom is 0.220 e. The largest absolute Gasteiger partial charge is 0.506 e. The molecular weight excluding hydrogens is 222 g/mol. The van der Waals surface area contributed by atoms with Gasteiger partial charge >= 0.3 is 0 Å². The van der Waals surface area contributed by atoms with E-state index in [0.717, 1.165) is 0 Å². The van der Waals surface area contributed by atoms with E-state index in [1.54, 1.807) is 12.3 Å². The molecule has 2 aromatic rings. The van der Waals surface area contributed by atoms with Crippen molar-refractivity contribution in [3.63, 3.8) is 0 Å². The molecule has 0 aliphatic carbocycles. The maximum absolute atomic E-state index is 9.35. The fourth-order valence-electron chi connectivity index (χ4n) is 1.29. The standard InChI is InChI=1S/C11H11N3O3/c1-16-9-4-10(17-2)14-11(13-9)7-3-8(15)6-12-5-7/h3-6,15H,1-2H3. The van der Waals surface area contributed by atoms with Crippen LogP contribution in [-0.4, -0.2) is 34.3 Å². The van der Waals surface area contributed by atoms with Crippen LogP contribution < -0.4 is 9.47 Å². The van der Waals surface area contributed by atoms with E-state index in [1.807, 2.05) is 0 Å². The van der Waals surface area contributed by atoms with Gasteiger partial charge in [-0.1, -0.05) is 0 Å². The number of pyridine rings is 1. The Hall–Kier alpha value is -2.37. The first-order chi connectivity index (χ1) is 8.22. The van der Waals surface area contributed by atoms with E-state index in [-0.39, 0.29) is 5.75 Å². The van der Waals surface area contributed by atoms with Crippen molar-refractivity contribution in [3.05, 3.63) is 24.5 Å². The molecule has 0 unspecified atom stereocenters. The molecule has 0 bridgehead atoms. The summed E-state index contributed by atoms with van der Waals surface area (Å²) in [5.74, 6) is 1.20. The number of methoxy groups -OCH3 is 2. The number of hydrogen-bond acceptors (Lipinski definition) is 6. The molecule has 2 rings (SSSR count). The summed E-state index contributed by atoms with van der Waals surface area (Å²) in [5, 5.41) is 9.35. The van der Waals surface area contributed by atoms with Crippen LogP contribution >= 0.6 is 0 Å². The van der Waals surface area contributed by atoms with Gasteiger partial charge in [0.05, 0.1) is 26.5 Å². The summed E-state index contributed by atoms with van der Waals surface area (Å²) in [5.41, 5.74) is 0.585. The lowest BCUT2D eigenvalue weighted by Crippen LogP contribution is -1.97. The highest BCUT2D eigenvalue weighted by Crippen LogP contribution is 2.23. The van der Waals surface area contributed by atoms with Gasteiger partial charge in [-0.25, -0.2) is 0 Å². The van der Waals surface area contributed by atoms with E-state index < -0.39 is 0 Å². The Kier molecular flexibility index (Phi) is 3.04.